The van der Waals surface area contributed by atoms with Gasteiger partial charge in [-0.25, -0.2) is 0 Å². The number of thioether (sulfide) groups is 1. The van der Waals surface area contributed by atoms with Crippen LogP contribution in [0, 0.1) is 10.7 Å². The predicted octanol–water partition coefficient (Wildman–Crippen LogP) is 1.15. The molecule has 1 rings (SSSR count). The Morgan fingerprint density at radius 1 is 1.90 bits per heavy atom. The first-order valence-corrected chi connectivity index (χ1v) is 4.37. The molecule has 3 nitrogen and oxygen atoms in total. The van der Waals surface area contributed by atoms with Gasteiger partial charge in [-0.3, -0.25) is 4.79 Å². The summed E-state index contributed by atoms with van der Waals surface area (Å²) in [6.45, 7) is 0. The van der Waals surface area contributed by atoms with Crippen LogP contribution >= 0.6 is 23.1 Å². The fourth-order valence-electron chi connectivity index (χ4n) is 0.495. The fourth-order valence-corrected chi connectivity index (χ4v) is 1.56. The molecule has 1 aromatic heterocycles. The highest BCUT2D eigenvalue weighted by Gasteiger charge is 1.94. The van der Waals surface area contributed by atoms with E-state index in [1.807, 2.05) is 5.40 Å². The van der Waals surface area contributed by atoms with Gasteiger partial charge in [-0.2, -0.15) is 5.26 Å². The molecule has 0 bridgehead atoms. The maximum Gasteiger partial charge on any atom is 0.304 e. The summed E-state index contributed by atoms with van der Waals surface area (Å²) in [6, 6.07) is 0. The summed E-state index contributed by atoms with van der Waals surface area (Å²) in [5.74, 6) is 0.565. The smallest absolute Gasteiger partial charge is 0.304 e. The third kappa shape index (κ3) is 1.90. The normalized spacial score (nSPS) is 9.10. The standard InChI is InChI=1S/C5H4N2OS2/c6-3-9-1-4-2-10-5(8)7-4/h2H,1H2,(H,7,8). The lowest BCUT2D eigenvalue weighted by Crippen LogP contribution is -1.93. The van der Waals surface area contributed by atoms with Gasteiger partial charge in [0.15, 0.2) is 0 Å². The molecular weight excluding hydrogens is 168 g/mol. The number of nitriles is 1. The van der Waals surface area contributed by atoms with E-state index < -0.39 is 0 Å². The van der Waals surface area contributed by atoms with Gasteiger partial charge in [0, 0.05) is 16.8 Å². The molecule has 0 spiro atoms. The number of H-pyrrole nitrogens is 1. The maximum atomic E-state index is 10.5. The highest BCUT2D eigenvalue weighted by Crippen LogP contribution is 2.07. The SMILES string of the molecule is N#CSCc1csc(=O)[nH]1. The minimum Gasteiger partial charge on any atom is -0.316 e. The van der Waals surface area contributed by atoms with Crippen molar-refractivity contribution in [1.29, 1.82) is 5.26 Å². The van der Waals surface area contributed by atoms with Gasteiger partial charge in [-0.1, -0.05) is 11.3 Å². The van der Waals surface area contributed by atoms with E-state index in [-0.39, 0.29) is 4.87 Å². The van der Waals surface area contributed by atoms with E-state index in [4.69, 9.17) is 5.26 Å². The number of rotatable bonds is 2. The Bertz CT molecular complexity index is 295. The lowest BCUT2D eigenvalue weighted by atomic mass is 10.6. The van der Waals surface area contributed by atoms with Gasteiger partial charge in [0.05, 0.1) is 0 Å². The second kappa shape index (κ2) is 3.44. The lowest BCUT2D eigenvalue weighted by Gasteiger charge is -1.84. The zero-order valence-electron chi connectivity index (χ0n) is 4.96. The van der Waals surface area contributed by atoms with Crippen molar-refractivity contribution in [1.82, 2.24) is 4.98 Å². The van der Waals surface area contributed by atoms with Crippen molar-refractivity contribution < 1.29 is 0 Å². The molecule has 0 saturated carbocycles. The second-order valence-corrected chi connectivity index (χ2v) is 3.16. The summed E-state index contributed by atoms with van der Waals surface area (Å²) in [5.41, 5.74) is 0.821. The van der Waals surface area contributed by atoms with E-state index in [1.54, 1.807) is 5.38 Å². The molecule has 0 aliphatic rings. The Morgan fingerprint density at radius 3 is 3.20 bits per heavy atom. The fraction of sp³-hybridized carbons (Fsp3) is 0.200. The number of nitrogens with zero attached hydrogens (tertiary/aromatic N) is 1. The molecule has 1 heterocycles. The summed E-state index contributed by atoms with van der Waals surface area (Å²) < 4.78 is 0. The third-order valence-electron chi connectivity index (χ3n) is 0.863. The van der Waals surface area contributed by atoms with Crippen molar-refractivity contribution in [3.05, 3.63) is 20.7 Å². The van der Waals surface area contributed by atoms with Gasteiger partial charge in [0.25, 0.3) is 0 Å². The van der Waals surface area contributed by atoms with E-state index >= 15 is 0 Å². The predicted molar refractivity (Wildman–Crippen MR) is 41.8 cm³/mol. The Balaban J connectivity index is 2.61. The molecule has 0 aliphatic heterocycles. The molecule has 1 aromatic rings. The van der Waals surface area contributed by atoms with Crippen LogP contribution < -0.4 is 4.87 Å². The number of aromatic nitrogens is 1. The van der Waals surface area contributed by atoms with Crippen molar-refractivity contribution in [2.45, 2.75) is 5.75 Å². The number of hydrogen-bond donors (Lipinski definition) is 1. The average molecular weight is 172 g/mol. The Morgan fingerprint density at radius 2 is 2.70 bits per heavy atom. The molecule has 52 valence electrons. The van der Waals surface area contributed by atoms with Crippen LogP contribution in [0.3, 0.4) is 0 Å². The van der Waals surface area contributed by atoms with Gasteiger partial charge < -0.3 is 4.98 Å². The molecule has 0 unspecified atom stereocenters. The Hall–Kier alpha value is -0.730. The Labute approximate surface area is 65.7 Å². The molecule has 0 fully saturated rings. The summed E-state index contributed by atoms with van der Waals surface area (Å²) in [7, 11) is 0. The minimum atomic E-state index is -0.0615. The zero-order valence-corrected chi connectivity index (χ0v) is 6.59. The zero-order chi connectivity index (χ0) is 7.40. The first-order chi connectivity index (χ1) is 4.83. The average Bonchev–Trinajstić information content (AvgIpc) is 2.31. The first kappa shape index (κ1) is 7.38. The second-order valence-electron chi connectivity index (χ2n) is 1.55. The van der Waals surface area contributed by atoms with Gasteiger partial charge in [0.2, 0.25) is 0 Å². The highest BCUT2D eigenvalue weighted by atomic mass is 32.2. The van der Waals surface area contributed by atoms with Crippen LogP contribution in [-0.4, -0.2) is 4.98 Å². The van der Waals surface area contributed by atoms with Crippen LogP contribution in [0.25, 0.3) is 0 Å². The van der Waals surface area contributed by atoms with Gasteiger partial charge in [-0.05, 0) is 11.8 Å². The summed E-state index contributed by atoms with van der Waals surface area (Å²) in [4.78, 5) is 13.1. The Kier molecular flexibility index (Phi) is 2.54. The van der Waals surface area contributed by atoms with Gasteiger partial charge >= 0.3 is 4.87 Å². The van der Waals surface area contributed by atoms with Crippen LogP contribution in [0.5, 0.6) is 0 Å². The lowest BCUT2D eigenvalue weighted by molar-refractivity contribution is 1.20. The van der Waals surface area contributed by atoms with E-state index in [0.29, 0.717) is 5.75 Å². The van der Waals surface area contributed by atoms with Crippen LogP contribution in [0.4, 0.5) is 0 Å². The van der Waals surface area contributed by atoms with Crippen molar-refractivity contribution in [3.63, 3.8) is 0 Å². The van der Waals surface area contributed by atoms with Crippen LogP contribution in [0.1, 0.15) is 5.69 Å². The van der Waals surface area contributed by atoms with Crippen LogP contribution in [0.15, 0.2) is 10.2 Å². The van der Waals surface area contributed by atoms with Gasteiger partial charge in [0.1, 0.15) is 5.40 Å². The number of thiocyanates is 1. The molecule has 0 radical (unpaired) electrons. The highest BCUT2D eigenvalue weighted by molar-refractivity contribution is 8.02. The van der Waals surface area contributed by atoms with E-state index in [1.165, 1.54) is 0 Å². The first-order valence-electron chi connectivity index (χ1n) is 2.50. The monoisotopic (exact) mass is 172 g/mol. The largest absolute Gasteiger partial charge is 0.316 e. The number of hydrogen-bond acceptors (Lipinski definition) is 4. The minimum absolute atomic E-state index is 0.0615. The molecule has 1 N–H and O–H groups in total. The maximum absolute atomic E-state index is 10.5. The van der Waals surface area contributed by atoms with Crippen molar-refractivity contribution in [2.75, 3.05) is 0 Å². The molecule has 5 heteroatoms. The summed E-state index contributed by atoms with van der Waals surface area (Å²) in [5, 5.41) is 11.8. The van der Waals surface area contributed by atoms with Crippen molar-refractivity contribution in [2.24, 2.45) is 0 Å². The summed E-state index contributed by atoms with van der Waals surface area (Å²) in [6.07, 6.45) is 0. The molecule has 0 saturated heterocycles. The quantitative estimate of drug-likeness (QED) is 0.681. The third-order valence-corrected chi connectivity index (χ3v) is 2.17. The molecule has 0 atom stereocenters. The van der Waals surface area contributed by atoms with Crippen molar-refractivity contribution in [3.8, 4) is 5.40 Å². The number of aromatic amines is 1. The van der Waals surface area contributed by atoms with Crippen molar-refractivity contribution >= 4 is 23.1 Å². The van der Waals surface area contributed by atoms with Crippen LogP contribution in [0.2, 0.25) is 0 Å². The molecule has 0 aromatic carbocycles. The molecule has 10 heavy (non-hydrogen) atoms. The van der Waals surface area contributed by atoms with E-state index in [0.717, 1.165) is 28.8 Å². The molecular formula is C5H4N2OS2. The molecule has 0 aliphatic carbocycles. The topological polar surface area (TPSA) is 56.6 Å². The number of nitrogens with one attached hydrogen (secondary N) is 1. The molecule has 0 amide bonds. The summed E-state index contributed by atoms with van der Waals surface area (Å²) >= 11 is 2.24. The van der Waals surface area contributed by atoms with E-state index in [9.17, 15) is 4.79 Å². The van der Waals surface area contributed by atoms with Crippen LogP contribution in [-0.2, 0) is 5.75 Å². The van der Waals surface area contributed by atoms with E-state index in [2.05, 4.69) is 4.98 Å². The number of thiazole rings is 1. The van der Waals surface area contributed by atoms with Gasteiger partial charge in [-0.15, -0.1) is 0 Å².